The van der Waals surface area contributed by atoms with Crippen LogP contribution in [0, 0.1) is 27.7 Å². The molecule has 4 amide bonds. The predicted octanol–water partition coefficient (Wildman–Crippen LogP) is 8.42. The zero-order chi connectivity index (χ0) is 99.5. The maximum atomic E-state index is 12.7. The number of fused-ring (bicyclic) bond motifs is 4. The van der Waals surface area contributed by atoms with Gasteiger partial charge < -0.3 is 93.5 Å². The molecule has 11 N–H and O–H groups in total. The zero-order valence-corrected chi connectivity index (χ0v) is 80.5. The van der Waals surface area contributed by atoms with Crippen LogP contribution in [0.5, 0.6) is 23.0 Å². The van der Waals surface area contributed by atoms with Crippen LogP contribution in [0.2, 0.25) is 0 Å². The Morgan fingerprint density at radius 1 is 0.383 bits per heavy atom. The van der Waals surface area contributed by atoms with Gasteiger partial charge in [-0.1, -0.05) is 62.9 Å². The summed E-state index contributed by atoms with van der Waals surface area (Å²) in [5.41, 5.74) is 7.72. The molecule has 0 radical (unpaired) electrons. The summed E-state index contributed by atoms with van der Waals surface area (Å²) in [7, 11) is -1.51. The van der Waals surface area contributed by atoms with Crippen LogP contribution in [0.3, 0.4) is 0 Å². The highest BCUT2D eigenvalue weighted by Crippen LogP contribution is 2.35. The van der Waals surface area contributed by atoms with E-state index in [1.165, 1.54) is 76.4 Å². The molecule has 4 bridgehead atoms. The van der Waals surface area contributed by atoms with Gasteiger partial charge in [0.2, 0.25) is 0 Å². The molecule has 12 aromatic rings. The number of carbonyl (C=O) groups excluding carboxylic acids is 5. The van der Waals surface area contributed by atoms with E-state index in [0.29, 0.717) is 132 Å². The predicted molar refractivity (Wildman–Crippen MR) is 540 cm³/mol. The largest absolute Gasteiger partial charge is 0.508 e. The van der Waals surface area contributed by atoms with E-state index in [-0.39, 0.29) is 65.2 Å². The van der Waals surface area contributed by atoms with Gasteiger partial charge in [-0.3, -0.25) is 63.2 Å². The summed E-state index contributed by atoms with van der Waals surface area (Å²) >= 11 is 3.15. The number of rotatable bonds is 22. The molecule has 0 spiro atoms. The minimum absolute atomic E-state index is 0. The first kappa shape index (κ1) is 107. The number of aliphatic hydroxyl groups excluding tert-OH is 1. The fourth-order valence-electron chi connectivity index (χ4n) is 17.0. The van der Waals surface area contributed by atoms with Crippen molar-refractivity contribution in [3.05, 3.63) is 260 Å². The second-order valence-electron chi connectivity index (χ2n) is 34.4. The van der Waals surface area contributed by atoms with Crippen LogP contribution < -0.4 is 49.2 Å². The van der Waals surface area contributed by atoms with Gasteiger partial charge in [-0.2, -0.15) is 0 Å². The number of phenols is 4. The van der Waals surface area contributed by atoms with E-state index in [1.807, 2.05) is 27.7 Å². The third-order valence-corrected chi connectivity index (χ3v) is 25.4. The first-order chi connectivity index (χ1) is 67.6. The van der Waals surface area contributed by atoms with Gasteiger partial charge in [0.15, 0.2) is 11.9 Å². The van der Waals surface area contributed by atoms with Gasteiger partial charge in [0.1, 0.15) is 44.2 Å². The van der Waals surface area contributed by atoms with E-state index in [1.54, 1.807) is 134 Å². The molecule has 20 rings (SSSR count). The van der Waals surface area contributed by atoms with Gasteiger partial charge in [-0.25, -0.2) is 19.2 Å². The molecule has 8 aliphatic rings. The van der Waals surface area contributed by atoms with Crippen molar-refractivity contribution in [2.45, 2.75) is 48.5 Å². The number of morpholine rings is 4. The maximum Gasteiger partial charge on any atom is 0.488 e. The van der Waals surface area contributed by atoms with Crippen molar-refractivity contribution in [3.63, 3.8) is 0 Å². The highest BCUT2D eigenvalue weighted by Gasteiger charge is 2.37. The summed E-state index contributed by atoms with van der Waals surface area (Å²) < 4.78 is 42.8. The van der Waals surface area contributed by atoms with Crippen LogP contribution in [0.4, 0.5) is 0 Å². The Morgan fingerprint density at radius 2 is 0.652 bits per heavy atom. The van der Waals surface area contributed by atoms with E-state index < -0.39 is 29.6 Å². The Hall–Kier alpha value is -12.7. The van der Waals surface area contributed by atoms with E-state index in [9.17, 15) is 63.6 Å². The van der Waals surface area contributed by atoms with E-state index in [2.05, 4.69) is 76.4 Å². The first-order valence-electron chi connectivity index (χ1n) is 46.4. The van der Waals surface area contributed by atoms with Crippen molar-refractivity contribution in [2.24, 2.45) is 0 Å². The zero-order valence-electron chi connectivity index (χ0n) is 78.9. The van der Waals surface area contributed by atoms with E-state index in [0.717, 1.165) is 171 Å². The highest BCUT2D eigenvalue weighted by molar-refractivity contribution is 9.10. The number of hydrogen-bond acceptors (Lipinski definition) is 32. The van der Waals surface area contributed by atoms with Crippen LogP contribution in [-0.4, -0.2) is 316 Å². The van der Waals surface area contributed by atoms with Crippen molar-refractivity contribution in [3.8, 4) is 56.4 Å². The Kier molecular flexibility index (Phi) is 39.6. The number of ether oxygens (including phenoxy) is 4. The quantitative estimate of drug-likeness (QED) is 0.0172. The van der Waals surface area contributed by atoms with E-state index >= 15 is 0 Å². The number of phenolic OH excluding ortho intramolecular Hbond substituents is 4. The van der Waals surface area contributed by atoms with Crippen LogP contribution in [0.25, 0.3) is 77.3 Å². The fourth-order valence-corrected chi connectivity index (χ4v) is 17.3. The molecule has 8 aliphatic heterocycles. The minimum atomic E-state index is -1.51. The average Bonchev–Trinajstić information content (AvgIpc) is 0.776. The summed E-state index contributed by atoms with van der Waals surface area (Å²) in [4.78, 5) is 128. The molecule has 8 fully saturated rings. The third-order valence-electron chi connectivity index (χ3n) is 24.5. The Morgan fingerprint density at radius 3 is 0.943 bits per heavy atom. The second-order valence-corrected chi connectivity index (χ2v) is 35.1. The van der Waals surface area contributed by atoms with Crippen molar-refractivity contribution >= 4 is 102 Å². The van der Waals surface area contributed by atoms with Gasteiger partial charge in [0.25, 0.3) is 23.6 Å². The van der Waals surface area contributed by atoms with Gasteiger partial charge in [-0.15, -0.1) is 0 Å². The van der Waals surface area contributed by atoms with Gasteiger partial charge in [0.05, 0.1) is 115 Å². The number of aldehydes is 1. The molecule has 0 unspecified atom stereocenters. The van der Waals surface area contributed by atoms with Crippen molar-refractivity contribution in [1.82, 2.24) is 60.5 Å². The summed E-state index contributed by atoms with van der Waals surface area (Å²) in [6.45, 7) is 35.0. The maximum absolute atomic E-state index is 12.7. The SMILES string of the molecule is C.C1N2CN3CN1CN(C2)C3.CCCO.Cc1c(-c2ccc(C(=O)NCCN3CCOCC3)cc2)c(=O)oc2c(C=O)c(O)ccc12.Cc1c(-c2ccc(C(=O)NCCN3CCOCC3)cc2)c(=O)oc2cc(O)ccc12.Cc1c(-c2ccc(C(=O)NCCN3CCOCC3)cc2)c(=O)oc2cc(O)ccc12.Cc1c(Br)c(=O)oc2cc(O)ccc12.O=C(NCCN1CCOCC1)c1ccc(B(O)O)cc1. The standard InChI is InChI=1S/C24H24N2O6.2C23H24N2O5.C13H19BN2O4.C10H7BrO3.C6H12N4.C3H8O.CH4/c1-15-18-6-7-20(28)19(14-27)22(18)32-24(30)21(15)16-2-4-17(5-3-16)23(29)25-8-9-26-10-12-31-13-11-26;2*1-15-19-7-6-18(26)14-20(19)30-23(28)21(15)16-2-4-17(5-3-16)22(27)24-8-9-25-10-12-29-13-11-25;17-13(11-1-3-12(4-2-11)14(18)19)15-5-6-16-7-9-20-10-8-16;1-5-7-3-2-6(12)4-8(7)14-10(13)9(5)11;1-7-2-9-4-8(1)5-10(3-7)6-9;1-2-3-4;/h2-7,14,28H,8-13H2,1H3,(H,25,29);2*2-7,14,26H,8-13H2,1H3,(H,24,27);1-4,18-19H,5-10H2,(H,15,17);2-4,12H,1H3;1-6H2;4H,2-3H2,1H3;1H4. The Balaban J connectivity index is 0.000000154. The lowest BCUT2D eigenvalue weighted by atomic mass is 9.80. The number of aromatic hydroxyl groups is 4. The molecular formula is C103H122BBrN12O24. The molecule has 12 heterocycles. The van der Waals surface area contributed by atoms with Crippen molar-refractivity contribution in [1.29, 1.82) is 0 Å². The average molecular weight is 2000 g/mol. The lowest BCUT2D eigenvalue weighted by molar-refractivity contribution is -0.194. The van der Waals surface area contributed by atoms with Crippen LogP contribution >= 0.6 is 15.9 Å². The molecule has 748 valence electrons. The molecule has 4 aromatic heterocycles. The van der Waals surface area contributed by atoms with E-state index in [4.69, 9.17) is 51.8 Å². The number of hydrogen-bond donors (Lipinski definition) is 11. The highest BCUT2D eigenvalue weighted by atomic mass is 79.9. The number of benzene rings is 8. The van der Waals surface area contributed by atoms with Gasteiger partial charge in [-0.05, 0) is 192 Å². The minimum Gasteiger partial charge on any atom is -0.508 e. The summed E-state index contributed by atoms with van der Waals surface area (Å²) in [6, 6.07) is 43.9. The number of nitrogens with one attached hydrogen (secondary N) is 4. The molecule has 38 heteroatoms. The number of carbonyl (C=O) groups is 5. The van der Waals surface area contributed by atoms with Crippen LogP contribution in [0.15, 0.2) is 205 Å². The molecule has 0 saturated carbocycles. The number of amides is 4. The topological polar surface area (TPSA) is 459 Å². The van der Waals surface area contributed by atoms with Gasteiger partial charge >= 0.3 is 29.6 Å². The monoisotopic (exact) mass is 2000 g/mol. The summed E-state index contributed by atoms with van der Waals surface area (Å²) in [6.07, 6.45) is 1.34. The van der Waals surface area contributed by atoms with Crippen LogP contribution in [0.1, 0.15) is 94.8 Å². The molecule has 8 saturated heterocycles. The lowest BCUT2D eigenvalue weighted by Gasteiger charge is -2.56. The molecule has 0 atom stereocenters. The third kappa shape index (κ3) is 29.0. The molecule has 36 nitrogen and oxygen atoms in total. The smallest absolute Gasteiger partial charge is 0.488 e. The summed E-state index contributed by atoms with van der Waals surface area (Å²) in [5, 5.41) is 78.6. The Bertz CT molecular complexity index is 6290. The second kappa shape index (κ2) is 52.2. The molecular weight excluding hydrogens is 1880 g/mol. The number of aryl methyl sites for hydroxylation is 4. The molecule has 8 aromatic carbocycles. The fraction of sp³-hybridized carbons (Fsp3) is 0.369. The molecule has 0 aliphatic carbocycles. The van der Waals surface area contributed by atoms with Gasteiger partial charge in [0, 0.05) is 173 Å². The van der Waals surface area contributed by atoms with Crippen molar-refractivity contribution < 1.29 is 96.2 Å². The summed E-state index contributed by atoms with van der Waals surface area (Å²) in [5.74, 6) is -0.701. The lowest BCUT2D eigenvalue weighted by Crippen LogP contribution is -2.71. The van der Waals surface area contributed by atoms with Crippen LogP contribution in [-0.2, 0) is 18.9 Å². The number of halogens is 1. The normalized spacial score (nSPS) is 17.1. The molecule has 141 heavy (non-hydrogen) atoms. The Labute approximate surface area is 823 Å². The number of nitrogens with zero attached hydrogens (tertiary/aromatic N) is 8. The first-order valence-corrected chi connectivity index (χ1v) is 47.2. The van der Waals surface area contributed by atoms with Crippen molar-refractivity contribution in [2.75, 3.05) is 204 Å². The number of aliphatic hydroxyl groups is 1.